The minimum atomic E-state index is 0.126. The van der Waals surface area contributed by atoms with Gasteiger partial charge in [-0.3, -0.25) is 4.79 Å². The molecule has 4 rings (SSSR count). The van der Waals surface area contributed by atoms with Crippen LogP contribution in [0.2, 0.25) is 5.02 Å². The molecule has 0 unspecified atom stereocenters. The number of nitrogens with zero attached hydrogens (tertiary/aromatic N) is 2. The number of carbonyl (C=O) groups excluding carboxylic acids is 1. The van der Waals surface area contributed by atoms with Gasteiger partial charge in [-0.25, -0.2) is 4.68 Å². The van der Waals surface area contributed by atoms with Crippen LogP contribution in [0.5, 0.6) is 0 Å². The Hall–Kier alpha value is -1.46. The molecule has 1 aliphatic carbocycles. The number of rotatable bonds is 3. The molecule has 1 aromatic carbocycles. The summed E-state index contributed by atoms with van der Waals surface area (Å²) >= 11 is 7.80. The molecule has 1 fully saturated rings. The molecule has 4 nitrogen and oxygen atoms in total. The van der Waals surface area contributed by atoms with Gasteiger partial charge in [0.25, 0.3) is 0 Å². The van der Waals surface area contributed by atoms with Crippen molar-refractivity contribution in [2.75, 3.05) is 5.32 Å². The van der Waals surface area contributed by atoms with E-state index in [2.05, 4.69) is 10.4 Å². The number of hydrogen-bond acceptors (Lipinski definition) is 3. The molecular weight excluding hydrogens is 318 g/mol. The predicted molar refractivity (Wildman–Crippen MR) is 89.5 cm³/mol. The van der Waals surface area contributed by atoms with Gasteiger partial charge in [-0.2, -0.15) is 16.9 Å². The summed E-state index contributed by atoms with van der Waals surface area (Å²) in [5, 5.41) is 8.50. The number of halogens is 1. The first-order chi connectivity index (χ1) is 10.7. The fraction of sp³-hybridized carbons (Fsp3) is 0.375. The summed E-state index contributed by atoms with van der Waals surface area (Å²) in [5.41, 5.74) is 3.16. The molecule has 114 valence electrons. The lowest BCUT2D eigenvalue weighted by atomic mass is 9.85. The number of aromatic nitrogens is 2. The first-order valence-corrected chi connectivity index (χ1v) is 9.01. The van der Waals surface area contributed by atoms with Crippen molar-refractivity contribution in [3.63, 3.8) is 0 Å². The largest absolute Gasteiger partial charge is 0.310 e. The van der Waals surface area contributed by atoms with Gasteiger partial charge in [0, 0.05) is 28.0 Å². The lowest BCUT2D eigenvalue weighted by Crippen LogP contribution is -2.29. The van der Waals surface area contributed by atoms with E-state index >= 15 is 0 Å². The number of thioether (sulfide) groups is 1. The van der Waals surface area contributed by atoms with Crippen LogP contribution in [0.1, 0.15) is 30.5 Å². The van der Waals surface area contributed by atoms with Gasteiger partial charge in [0.1, 0.15) is 5.82 Å². The van der Waals surface area contributed by atoms with Gasteiger partial charge in [-0.15, -0.1) is 0 Å². The SMILES string of the molecule is O=C(Nc1c2c(nn1-c1ccc(Cl)cc1)CSC2)C1CCC1. The van der Waals surface area contributed by atoms with Crippen molar-refractivity contribution in [1.82, 2.24) is 9.78 Å². The first kappa shape index (κ1) is 14.2. The maximum Gasteiger partial charge on any atom is 0.228 e. The van der Waals surface area contributed by atoms with E-state index in [-0.39, 0.29) is 11.8 Å². The fourth-order valence-corrected chi connectivity index (χ4v) is 3.96. The van der Waals surface area contributed by atoms with Crippen LogP contribution in [-0.2, 0) is 16.3 Å². The highest BCUT2D eigenvalue weighted by atomic mass is 35.5. The van der Waals surface area contributed by atoms with Gasteiger partial charge in [-0.05, 0) is 37.1 Å². The second-order valence-corrected chi connectivity index (χ2v) is 7.19. The Kier molecular flexibility index (Phi) is 3.62. The van der Waals surface area contributed by atoms with E-state index < -0.39 is 0 Å². The second kappa shape index (κ2) is 5.63. The molecule has 0 spiro atoms. The normalized spacial score (nSPS) is 17.1. The zero-order chi connectivity index (χ0) is 15.1. The lowest BCUT2D eigenvalue weighted by Gasteiger charge is -2.24. The van der Waals surface area contributed by atoms with Crippen LogP contribution < -0.4 is 5.32 Å². The van der Waals surface area contributed by atoms with Crippen molar-refractivity contribution in [2.45, 2.75) is 30.8 Å². The van der Waals surface area contributed by atoms with Gasteiger partial charge >= 0.3 is 0 Å². The van der Waals surface area contributed by atoms with Crippen molar-refractivity contribution >= 4 is 35.1 Å². The summed E-state index contributed by atoms with van der Waals surface area (Å²) in [6.45, 7) is 0. The zero-order valence-electron chi connectivity index (χ0n) is 12.0. The third-order valence-electron chi connectivity index (χ3n) is 4.34. The topological polar surface area (TPSA) is 46.9 Å². The Labute approximate surface area is 138 Å². The van der Waals surface area contributed by atoms with Gasteiger partial charge in [-0.1, -0.05) is 18.0 Å². The molecule has 2 aromatic rings. The number of amides is 1. The van der Waals surface area contributed by atoms with Gasteiger partial charge in [0.2, 0.25) is 5.91 Å². The van der Waals surface area contributed by atoms with Crippen LogP contribution in [0.4, 0.5) is 5.82 Å². The van der Waals surface area contributed by atoms with Crippen LogP contribution in [0.3, 0.4) is 0 Å². The smallest absolute Gasteiger partial charge is 0.228 e. The van der Waals surface area contributed by atoms with E-state index in [9.17, 15) is 4.79 Å². The summed E-state index contributed by atoms with van der Waals surface area (Å²) in [6.07, 6.45) is 3.15. The van der Waals surface area contributed by atoms with Crippen molar-refractivity contribution in [1.29, 1.82) is 0 Å². The summed E-state index contributed by atoms with van der Waals surface area (Å²) in [7, 11) is 0. The summed E-state index contributed by atoms with van der Waals surface area (Å²) in [6, 6.07) is 7.54. The summed E-state index contributed by atoms with van der Waals surface area (Å²) < 4.78 is 1.84. The van der Waals surface area contributed by atoms with Crippen molar-refractivity contribution in [2.24, 2.45) is 5.92 Å². The highest BCUT2D eigenvalue weighted by molar-refractivity contribution is 7.98. The highest BCUT2D eigenvalue weighted by Gasteiger charge is 2.29. The molecule has 1 aromatic heterocycles. The van der Waals surface area contributed by atoms with E-state index in [1.807, 2.05) is 40.7 Å². The number of nitrogens with one attached hydrogen (secondary N) is 1. The molecule has 1 saturated carbocycles. The third kappa shape index (κ3) is 2.42. The number of hydrogen-bond donors (Lipinski definition) is 1. The van der Waals surface area contributed by atoms with E-state index in [4.69, 9.17) is 11.6 Å². The Morgan fingerprint density at radius 1 is 1.27 bits per heavy atom. The lowest BCUT2D eigenvalue weighted by molar-refractivity contribution is -0.122. The molecule has 1 amide bonds. The highest BCUT2D eigenvalue weighted by Crippen LogP contribution is 2.37. The van der Waals surface area contributed by atoms with E-state index in [1.165, 1.54) is 0 Å². The molecular formula is C16H16ClN3OS. The predicted octanol–water partition coefficient (Wildman–Crippen LogP) is 4.01. The molecule has 22 heavy (non-hydrogen) atoms. The minimum Gasteiger partial charge on any atom is -0.310 e. The molecule has 1 N–H and O–H groups in total. The van der Waals surface area contributed by atoms with Crippen LogP contribution in [0.25, 0.3) is 5.69 Å². The zero-order valence-corrected chi connectivity index (χ0v) is 13.6. The van der Waals surface area contributed by atoms with Crippen molar-refractivity contribution in [3.05, 3.63) is 40.5 Å². The molecule has 0 saturated heterocycles. The number of benzene rings is 1. The summed E-state index contributed by atoms with van der Waals surface area (Å²) in [4.78, 5) is 12.4. The van der Waals surface area contributed by atoms with Crippen molar-refractivity contribution in [3.8, 4) is 5.69 Å². The quantitative estimate of drug-likeness (QED) is 0.923. The molecule has 2 heterocycles. The fourth-order valence-electron chi connectivity index (χ4n) is 2.80. The van der Waals surface area contributed by atoms with Gasteiger partial charge < -0.3 is 5.32 Å². The van der Waals surface area contributed by atoms with E-state index in [0.29, 0.717) is 5.02 Å². The molecule has 1 aliphatic heterocycles. The number of fused-ring (bicyclic) bond motifs is 1. The van der Waals surface area contributed by atoms with Crippen LogP contribution in [0, 0.1) is 5.92 Å². The molecule has 6 heteroatoms. The Bertz CT molecular complexity index is 722. The molecule has 0 bridgehead atoms. The molecule has 2 aliphatic rings. The van der Waals surface area contributed by atoms with Crippen molar-refractivity contribution < 1.29 is 4.79 Å². The van der Waals surface area contributed by atoms with Crippen LogP contribution >= 0.6 is 23.4 Å². The second-order valence-electron chi connectivity index (χ2n) is 5.77. The number of anilines is 1. The molecule has 0 atom stereocenters. The summed E-state index contributed by atoms with van der Waals surface area (Å²) in [5.74, 6) is 2.93. The average molecular weight is 334 g/mol. The monoisotopic (exact) mass is 333 g/mol. The number of carbonyl (C=O) groups is 1. The van der Waals surface area contributed by atoms with Gasteiger partial charge in [0.15, 0.2) is 0 Å². The maximum atomic E-state index is 12.4. The third-order valence-corrected chi connectivity index (χ3v) is 5.56. The van der Waals surface area contributed by atoms with Crippen LogP contribution in [0.15, 0.2) is 24.3 Å². The minimum absolute atomic E-state index is 0.126. The van der Waals surface area contributed by atoms with E-state index in [1.54, 1.807) is 0 Å². The Morgan fingerprint density at radius 3 is 2.73 bits per heavy atom. The standard InChI is InChI=1S/C16H16ClN3OS/c17-11-4-6-12(7-5-11)20-15(13-8-22-9-14(13)19-20)18-16(21)10-2-1-3-10/h4-7,10H,1-3,8-9H2,(H,18,21). The molecule has 0 radical (unpaired) electrons. The van der Waals surface area contributed by atoms with Gasteiger partial charge in [0.05, 0.1) is 11.4 Å². The Balaban J connectivity index is 1.71. The van der Waals surface area contributed by atoms with Crippen LogP contribution in [-0.4, -0.2) is 15.7 Å². The first-order valence-electron chi connectivity index (χ1n) is 7.47. The average Bonchev–Trinajstić information content (AvgIpc) is 3.01. The van der Waals surface area contributed by atoms with E-state index in [0.717, 1.165) is 53.5 Å². The Morgan fingerprint density at radius 2 is 2.05 bits per heavy atom. The maximum absolute atomic E-state index is 12.4.